The minimum absolute atomic E-state index is 0. The summed E-state index contributed by atoms with van der Waals surface area (Å²) >= 11 is 0. The molecular weight excluding hydrogens is 326 g/mol. The smallest absolute Gasteiger partial charge is 0.141 e. The second kappa shape index (κ2) is 9.18. The van der Waals surface area contributed by atoms with Crippen LogP contribution in [0.1, 0.15) is 12.0 Å². The van der Waals surface area contributed by atoms with Crippen molar-refractivity contribution in [3.8, 4) is 5.75 Å². The van der Waals surface area contributed by atoms with Crippen LogP contribution in [0.2, 0.25) is 0 Å². The summed E-state index contributed by atoms with van der Waals surface area (Å²) in [6.07, 6.45) is 3.83. The van der Waals surface area contributed by atoms with Crippen molar-refractivity contribution in [3.63, 3.8) is 0 Å². The number of benzene rings is 1. The van der Waals surface area contributed by atoms with Gasteiger partial charge in [0.25, 0.3) is 0 Å². The third-order valence-corrected chi connectivity index (χ3v) is 4.64. The number of aromatic nitrogens is 1. The Hall–Kier alpha value is -1.40. The summed E-state index contributed by atoms with van der Waals surface area (Å²) in [5, 5.41) is 19.9. The number of piperazine rings is 1. The maximum absolute atomic E-state index is 9.90. The molecule has 0 saturated carbocycles. The number of hydrogen-bond acceptors (Lipinski definition) is 5. The average Bonchev–Trinajstić information content (AvgIpc) is 2.59. The van der Waals surface area contributed by atoms with Crippen molar-refractivity contribution in [1.29, 1.82) is 0 Å². The molecule has 0 unspecified atom stereocenters. The molecule has 0 radical (unpaired) electrons. The van der Waals surface area contributed by atoms with Crippen molar-refractivity contribution >= 4 is 23.3 Å². The van der Waals surface area contributed by atoms with E-state index in [1.165, 1.54) is 5.56 Å². The zero-order chi connectivity index (χ0) is 16.1. The van der Waals surface area contributed by atoms with Crippen molar-refractivity contribution < 1.29 is 10.2 Å². The molecule has 5 nitrogen and oxygen atoms in total. The number of aryl methyl sites for hydroxylation is 1. The number of pyridine rings is 1. The molecule has 0 atom stereocenters. The number of nitrogens with zero attached hydrogens (tertiary/aromatic N) is 3. The lowest BCUT2D eigenvalue weighted by atomic mass is 10.0. The molecule has 0 amide bonds. The first kappa shape index (κ1) is 18.9. The first-order chi connectivity index (χ1) is 11.3. The highest BCUT2D eigenvalue weighted by atomic mass is 35.5. The fourth-order valence-electron chi connectivity index (χ4n) is 3.31. The largest absolute Gasteiger partial charge is 0.506 e. The van der Waals surface area contributed by atoms with Gasteiger partial charge in [-0.2, -0.15) is 0 Å². The van der Waals surface area contributed by atoms with Crippen molar-refractivity contribution in [3.05, 3.63) is 36.0 Å². The molecule has 2 N–H and O–H groups in total. The van der Waals surface area contributed by atoms with Crippen molar-refractivity contribution in [2.75, 3.05) is 45.9 Å². The Bertz CT molecular complexity index is 645. The van der Waals surface area contributed by atoms with Gasteiger partial charge in [-0.25, -0.2) is 0 Å². The number of β-amino-alcohol motifs (C(OH)–C–C–N with tert-alkyl or cyclic N) is 1. The van der Waals surface area contributed by atoms with Gasteiger partial charge in [0.05, 0.1) is 6.61 Å². The lowest BCUT2D eigenvalue weighted by Gasteiger charge is -2.34. The lowest BCUT2D eigenvalue weighted by Crippen LogP contribution is -2.47. The van der Waals surface area contributed by atoms with E-state index in [9.17, 15) is 5.11 Å². The van der Waals surface area contributed by atoms with Crippen LogP contribution in [0.5, 0.6) is 5.75 Å². The van der Waals surface area contributed by atoms with Crippen LogP contribution in [0.3, 0.4) is 0 Å². The topological polar surface area (TPSA) is 59.8 Å². The van der Waals surface area contributed by atoms with E-state index in [0.717, 1.165) is 57.5 Å². The predicted molar refractivity (Wildman–Crippen MR) is 98.9 cm³/mol. The highest BCUT2D eigenvalue weighted by Gasteiger charge is 2.15. The summed E-state index contributed by atoms with van der Waals surface area (Å²) in [6, 6.07) is 7.72. The molecule has 1 aliphatic rings. The second-order valence-electron chi connectivity index (χ2n) is 6.15. The van der Waals surface area contributed by atoms with E-state index >= 15 is 0 Å². The quantitative estimate of drug-likeness (QED) is 0.832. The van der Waals surface area contributed by atoms with E-state index in [0.29, 0.717) is 5.52 Å². The molecule has 0 bridgehead atoms. The van der Waals surface area contributed by atoms with Gasteiger partial charge in [0.1, 0.15) is 11.3 Å². The highest BCUT2D eigenvalue weighted by molar-refractivity contribution is 5.87. The Morgan fingerprint density at radius 2 is 1.71 bits per heavy atom. The lowest BCUT2D eigenvalue weighted by molar-refractivity contribution is 0.112. The van der Waals surface area contributed by atoms with Crippen LogP contribution in [-0.2, 0) is 6.42 Å². The number of fused-ring (bicyclic) bond motifs is 1. The van der Waals surface area contributed by atoms with Gasteiger partial charge in [-0.15, -0.1) is 12.4 Å². The summed E-state index contributed by atoms with van der Waals surface area (Å²) in [6.45, 7) is 6.40. The SMILES string of the molecule is Cl.OCCN1CCN(CCCc2ccc(O)c3ncccc23)CC1. The molecule has 1 saturated heterocycles. The summed E-state index contributed by atoms with van der Waals surface area (Å²) in [4.78, 5) is 9.09. The summed E-state index contributed by atoms with van der Waals surface area (Å²) < 4.78 is 0. The van der Waals surface area contributed by atoms with E-state index in [4.69, 9.17) is 5.11 Å². The Labute approximate surface area is 149 Å². The van der Waals surface area contributed by atoms with Gasteiger partial charge in [0.15, 0.2) is 0 Å². The first-order valence-electron chi connectivity index (χ1n) is 8.39. The standard InChI is InChI=1S/C18H25N3O2.ClH/c22-14-13-21-11-9-20(10-12-21)8-2-3-15-5-6-17(23)18-16(15)4-1-7-19-18;/h1,4-7,22-23H,2-3,8-14H2;1H. The number of halogens is 1. The van der Waals surface area contributed by atoms with E-state index in [-0.39, 0.29) is 24.8 Å². The number of aromatic hydroxyl groups is 1. The average molecular weight is 352 g/mol. The van der Waals surface area contributed by atoms with Crippen LogP contribution in [0.4, 0.5) is 0 Å². The molecule has 3 rings (SSSR count). The molecule has 0 spiro atoms. The first-order valence-corrected chi connectivity index (χ1v) is 8.39. The summed E-state index contributed by atoms with van der Waals surface area (Å²) in [7, 11) is 0. The van der Waals surface area contributed by atoms with Gasteiger partial charge < -0.3 is 15.1 Å². The number of hydrogen-bond donors (Lipinski definition) is 2. The fourth-order valence-corrected chi connectivity index (χ4v) is 3.31. The summed E-state index contributed by atoms with van der Waals surface area (Å²) in [5.74, 6) is 0.254. The summed E-state index contributed by atoms with van der Waals surface area (Å²) in [5.41, 5.74) is 1.95. The highest BCUT2D eigenvalue weighted by Crippen LogP contribution is 2.26. The van der Waals surface area contributed by atoms with Crippen LogP contribution in [-0.4, -0.2) is 70.9 Å². The number of rotatable bonds is 6. The van der Waals surface area contributed by atoms with E-state index < -0.39 is 0 Å². The van der Waals surface area contributed by atoms with Crippen LogP contribution in [0.25, 0.3) is 10.9 Å². The molecule has 2 aromatic rings. The van der Waals surface area contributed by atoms with Gasteiger partial charge in [-0.1, -0.05) is 12.1 Å². The van der Waals surface area contributed by atoms with Gasteiger partial charge in [-0.05, 0) is 37.1 Å². The Morgan fingerprint density at radius 3 is 2.42 bits per heavy atom. The molecule has 0 aliphatic carbocycles. The molecule has 1 aromatic heterocycles. The van der Waals surface area contributed by atoms with Crippen molar-refractivity contribution in [1.82, 2.24) is 14.8 Å². The second-order valence-corrected chi connectivity index (χ2v) is 6.15. The van der Waals surface area contributed by atoms with Crippen LogP contribution in [0.15, 0.2) is 30.5 Å². The number of phenols is 1. The Kier molecular flexibility index (Phi) is 7.24. The molecule has 132 valence electrons. The molecule has 24 heavy (non-hydrogen) atoms. The molecule has 6 heteroatoms. The Morgan fingerprint density at radius 1 is 1.00 bits per heavy atom. The number of phenolic OH excluding ortho intramolecular Hbond substituents is 1. The minimum atomic E-state index is 0. The maximum atomic E-state index is 9.90. The van der Waals surface area contributed by atoms with E-state index in [2.05, 4.69) is 14.8 Å². The zero-order valence-electron chi connectivity index (χ0n) is 13.9. The Balaban J connectivity index is 0.00000208. The van der Waals surface area contributed by atoms with Crippen LogP contribution >= 0.6 is 12.4 Å². The van der Waals surface area contributed by atoms with Gasteiger partial charge in [0.2, 0.25) is 0 Å². The molecule has 2 heterocycles. The molecule has 1 aromatic carbocycles. The minimum Gasteiger partial charge on any atom is -0.506 e. The molecular formula is C18H26ClN3O2. The number of aliphatic hydroxyl groups is 1. The third-order valence-electron chi connectivity index (χ3n) is 4.64. The fraction of sp³-hybridized carbons (Fsp3) is 0.500. The monoisotopic (exact) mass is 351 g/mol. The van der Waals surface area contributed by atoms with Crippen molar-refractivity contribution in [2.45, 2.75) is 12.8 Å². The van der Waals surface area contributed by atoms with Gasteiger partial charge >= 0.3 is 0 Å². The number of aliphatic hydroxyl groups excluding tert-OH is 1. The van der Waals surface area contributed by atoms with E-state index in [1.54, 1.807) is 12.3 Å². The van der Waals surface area contributed by atoms with Gasteiger partial charge in [0, 0.05) is 44.3 Å². The molecule has 1 fully saturated rings. The zero-order valence-corrected chi connectivity index (χ0v) is 14.7. The normalized spacial score (nSPS) is 16.2. The molecule has 1 aliphatic heterocycles. The maximum Gasteiger partial charge on any atom is 0.141 e. The van der Waals surface area contributed by atoms with Gasteiger partial charge in [-0.3, -0.25) is 9.88 Å². The third kappa shape index (κ3) is 4.57. The van der Waals surface area contributed by atoms with E-state index in [1.807, 2.05) is 18.2 Å². The predicted octanol–water partition coefficient (Wildman–Crippen LogP) is 1.90. The van der Waals surface area contributed by atoms with Crippen LogP contribution in [0, 0.1) is 0 Å². The van der Waals surface area contributed by atoms with Crippen LogP contribution < -0.4 is 0 Å². The van der Waals surface area contributed by atoms with Crippen molar-refractivity contribution in [2.24, 2.45) is 0 Å².